The first-order valence-corrected chi connectivity index (χ1v) is 8.86. The van der Waals surface area contributed by atoms with Crippen LogP contribution in [0.25, 0.3) is 0 Å². The molecule has 2 aliphatic rings. The molecule has 1 aliphatic carbocycles. The fourth-order valence-electron chi connectivity index (χ4n) is 2.98. The minimum absolute atomic E-state index is 0.482. The van der Waals surface area contributed by atoms with E-state index < -0.39 is 0 Å². The van der Waals surface area contributed by atoms with Crippen molar-refractivity contribution in [3.05, 3.63) is 34.2 Å². The van der Waals surface area contributed by atoms with Crippen LogP contribution in [0.15, 0.2) is 17.8 Å². The van der Waals surface area contributed by atoms with E-state index in [1.165, 1.54) is 29.8 Å². The predicted octanol–water partition coefficient (Wildman–Crippen LogP) is 2.81. The lowest BCUT2D eigenvalue weighted by Gasteiger charge is -2.16. The Morgan fingerprint density at radius 3 is 3.00 bits per heavy atom. The van der Waals surface area contributed by atoms with Crippen LogP contribution in [0.5, 0.6) is 0 Å². The van der Waals surface area contributed by atoms with Crippen LogP contribution < -0.4 is 5.32 Å². The van der Waals surface area contributed by atoms with E-state index in [0.717, 1.165) is 31.3 Å². The van der Waals surface area contributed by atoms with Gasteiger partial charge in [0.15, 0.2) is 0 Å². The van der Waals surface area contributed by atoms with E-state index in [4.69, 9.17) is 0 Å². The molecule has 2 aromatic rings. The Morgan fingerprint density at radius 2 is 2.23 bits per heavy atom. The number of likely N-dealkylation sites (tertiary alicyclic amines) is 1. The molecule has 1 atom stereocenters. The van der Waals surface area contributed by atoms with Crippen molar-refractivity contribution in [2.24, 2.45) is 0 Å². The molecule has 1 saturated carbocycles. The molecule has 116 valence electrons. The first kappa shape index (κ1) is 14.1. The molecule has 0 spiro atoms. The maximum absolute atomic E-state index is 4.66. The van der Waals surface area contributed by atoms with E-state index in [0.29, 0.717) is 12.0 Å². The molecule has 0 radical (unpaired) electrons. The Labute approximate surface area is 134 Å². The third-order valence-corrected chi connectivity index (χ3v) is 5.37. The number of aryl methyl sites for hydroxylation is 1. The predicted molar refractivity (Wildman–Crippen MR) is 88.2 cm³/mol. The van der Waals surface area contributed by atoms with Gasteiger partial charge in [-0.3, -0.25) is 4.90 Å². The van der Waals surface area contributed by atoms with Gasteiger partial charge in [0.25, 0.3) is 0 Å². The van der Waals surface area contributed by atoms with Crippen molar-refractivity contribution >= 4 is 17.2 Å². The summed E-state index contributed by atoms with van der Waals surface area (Å²) in [4.78, 5) is 17.3. The number of hydrogen-bond acceptors (Lipinski definition) is 6. The molecule has 1 unspecified atom stereocenters. The van der Waals surface area contributed by atoms with Gasteiger partial charge in [-0.15, -0.1) is 11.3 Å². The zero-order valence-corrected chi connectivity index (χ0v) is 13.6. The molecule has 5 nitrogen and oxygen atoms in total. The van der Waals surface area contributed by atoms with Gasteiger partial charge in [-0.05, 0) is 32.3 Å². The van der Waals surface area contributed by atoms with Crippen LogP contribution in [-0.4, -0.2) is 39.0 Å². The van der Waals surface area contributed by atoms with Gasteiger partial charge in [-0.1, -0.05) is 0 Å². The van der Waals surface area contributed by atoms with Crippen LogP contribution in [0, 0.1) is 6.92 Å². The number of aromatic nitrogens is 3. The van der Waals surface area contributed by atoms with Crippen molar-refractivity contribution in [2.75, 3.05) is 18.4 Å². The van der Waals surface area contributed by atoms with Crippen molar-refractivity contribution < 1.29 is 0 Å². The summed E-state index contributed by atoms with van der Waals surface area (Å²) < 4.78 is 0. The zero-order chi connectivity index (χ0) is 14.9. The highest BCUT2D eigenvalue weighted by Crippen LogP contribution is 2.38. The molecular formula is C16H21N5S. The summed E-state index contributed by atoms with van der Waals surface area (Å²) in [6.45, 7) is 5.32. The molecule has 2 fully saturated rings. The highest BCUT2D eigenvalue weighted by molar-refractivity contribution is 7.09. The zero-order valence-electron chi connectivity index (χ0n) is 12.8. The monoisotopic (exact) mass is 315 g/mol. The van der Waals surface area contributed by atoms with Gasteiger partial charge in [-0.2, -0.15) is 0 Å². The van der Waals surface area contributed by atoms with Crippen molar-refractivity contribution in [2.45, 2.75) is 44.7 Å². The number of anilines is 1. The number of thiazole rings is 1. The highest BCUT2D eigenvalue weighted by atomic mass is 32.1. The molecule has 3 heterocycles. The van der Waals surface area contributed by atoms with E-state index >= 15 is 0 Å². The lowest BCUT2D eigenvalue weighted by atomic mass is 10.2. The Hall–Kier alpha value is -1.53. The van der Waals surface area contributed by atoms with Crippen LogP contribution in [0.1, 0.15) is 41.6 Å². The number of nitrogens with one attached hydrogen (secondary N) is 1. The summed E-state index contributed by atoms with van der Waals surface area (Å²) in [5, 5.41) is 3.58. The van der Waals surface area contributed by atoms with Crippen LogP contribution in [0.3, 0.4) is 0 Å². The summed E-state index contributed by atoms with van der Waals surface area (Å²) >= 11 is 1.76. The molecule has 4 rings (SSSR count). The summed E-state index contributed by atoms with van der Waals surface area (Å²) in [7, 11) is 0. The van der Waals surface area contributed by atoms with Crippen LogP contribution in [0.2, 0.25) is 0 Å². The van der Waals surface area contributed by atoms with Crippen LogP contribution in [0.4, 0.5) is 5.82 Å². The van der Waals surface area contributed by atoms with Gasteiger partial charge in [0.05, 0.1) is 11.2 Å². The van der Waals surface area contributed by atoms with Gasteiger partial charge in [-0.25, -0.2) is 15.0 Å². The van der Waals surface area contributed by atoms with E-state index in [9.17, 15) is 0 Å². The van der Waals surface area contributed by atoms with Gasteiger partial charge in [0.1, 0.15) is 11.6 Å². The standard InChI is InChI=1S/C16H21N5S/c1-11-14(22-10-18-11)9-21-7-5-13(8-21)19-15-4-6-17-16(20-15)12-2-3-12/h4,6,10,12-13H,2-3,5,7-9H2,1H3,(H,17,19,20). The number of nitrogens with zero attached hydrogens (tertiary/aromatic N) is 4. The summed E-state index contributed by atoms with van der Waals surface area (Å²) in [6.07, 6.45) is 5.54. The fourth-order valence-corrected chi connectivity index (χ4v) is 3.80. The molecule has 0 amide bonds. The lowest BCUT2D eigenvalue weighted by Crippen LogP contribution is -2.26. The SMILES string of the molecule is Cc1ncsc1CN1CCC(Nc2ccnc(C3CC3)n2)C1. The second-order valence-corrected chi connectivity index (χ2v) is 7.24. The average Bonchev–Trinajstić information content (AvgIpc) is 3.17. The van der Waals surface area contributed by atoms with Crippen molar-refractivity contribution in [1.82, 2.24) is 19.9 Å². The quantitative estimate of drug-likeness (QED) is 0.919. The smallest absolute Gasteiger partial charge is 0.133 e. The average molecular weight is 315 g/mol. The van der Waals surface area contributed by atoms with Gasteiger partial charge in [0, 0.05) is 42.7 Å². The molecule has 1 N–H and O–H groups in total. The lowest BCUT2D eigenvalue weighted by molar-refractivity contribution is 0.330. The fraction of sp³-hybridized carbons (Fsp3) is 0.562. The Morgan fingerprint density at radius 1 is 1.32 bits per heavy atom. The minimum Gasteiger partial charge on any atom is -0.366 e. The molecule has 0 bridgehead atoms. The largest absolute Gasteiger partial charge is 0.366 e. The Kier molecular flexibility index (Phi) is 3.80. The topological polar surface area (TPSA) is 53.9 Å². The van der Waals surface area contributed by atoms with Gasteiger partial charge < -0.3 is 5.32 Å². The molecule has 0 aromatic carbocycles. The third-order valence-electron chi connectivity index (χ3n) is 4.45. The van der Waals surface area contributed by atoms with Crippen molar-refractivity contribution in [3.63, 3.8) is 0 Å². The maximum Gasteiger partial charge on any atom is 0.133 e. The number of rotatable bonds is 5. The van der Waals surface area contributed by atoms with E-state index in [1.54, 1.807) is 11.3 Å². The second kappa shape index (κ2) is 5.93. The van der Waals surface area contributed by atoms with Crippen LogP contribution >= 0.6 is 11.3 Å². The van der Waals surface area contributed by atoms with Gasteiger partial charge in [0.2, 0.25) is 0 Å². The van der Waals surface area contributed by atoms with Crippen LogP contribution in [-0.2, 0) is 6.54 Å². The van der Waals surface area contributed by atoms with E-state index in [2.05, 4.69) is 32.1 Å². The summed E-state index contributed by atoms with van der Waals surface area (Å²) in [6, 6.07) is 2.47. The number of hydrogen-bond donors (Lipinski definition) is 1. The first-order chi connectivity index (χ1) is 10.8. The summed E-state index contributed by atoms with van der Waals surface area (Å²) in [5.41, 5.74) is 3.11. The molecule has 1 aliphatic heterocycles. The first-order valence-electron chi connectivity index (χ1n) is 7.99. The molecule has 1 saturated heterocycles. The third kappa shape index (κ3) is 3.13. The Balaban J connectivity index is 1.35. The second-order valence-electron chi connectivity index (χ2n) is 6.30. The summed E-state index contributed by atoms with van der Waals surface area (Å²) in [5.74, 6) is 2.61. The maximum atomic E-state index is 4.66. The molecule has 6 heteroatoms. The molecule has 22 heavy (non-hydrogen) atoms. The van der Waals surface area contributed by atoms with E-state index in [1.807, 2.05) is 17.8 Å². The molecular weight excluding hydrogens is 294 g/mol. The molecule has 2 aromatic heterocycles. The van der Waals surface area contributed by atoms with Crippen molar-refractivity contribution in [1.29, 1.82) is 0 Å². The van der Waals surface area contributed by atoms with Gasteiger partial charge >= 0.3 is 0 Å². The normalized spacial score (nSPS) is 22.1. The Bertz CT molecular complexity index is 651. The van der Waals surface area contributed by atoms with E-state index in [-0.39, 0.29) is 0 Å². The highest BCUT2D eigenvalue weighted by Gasteiger charge is 2.27. The minimum atomic E-state index is 0.482. The van der Waals surface area contributed by atoms with Crippen molar-refractivity contribution in [3.8, 4) is 0 Å².